The van der Waals surface area contributed by atoms with Gasteiger partial charge in [0.05, 0.1) is 13.2 Å². The van der Waals surface area contributed by atoms with E-state index in [0.29, 0.717) is 45.0 Å². The third-order valence-corrected chi connectivity index (χ3v) is 3.96. The van der Waals surface area contributed by atoms with E-state index >= 15 is 0 Å². The second-order valence-electron chi connectivity index (χ2n) is 5.70. The lowest BCUT2D eigenvalue weighted by atomic mass is 10.1. The van der Waals surface area contributed by atoms with Crippen LogP contribution in [0.25, 0.3) is 0 Å². The van der Waals surface area contributed by atoms with Crippen molar-refractivity contribution >= 4 is 12.0 Å². The molecular formula is C18H26N2O4. The molecule has 1 heterocycles. The van der Waals surface area contributed by atoms with Gasteiger partial charge in [-0.05, 0) is 37.6 Å². The molecule has 0 spiro atoms. The van der Waals surface area contributed by atoms with E-state index in [-0.39, 0.29) is 12.0 Å². The lowest BCUT2D eigenvalue weighted by molar-refractivity contribution is 0.0557. The third-order valence-electron chi connectivity index (χ3n) is 3.96. The van der Waals surface area contributed by atoms with Gasteiger partial charge in [0.25, 0.3) is 5.91 Å². The van der Waals surface area contributed by atoms with Gasteiger partial charge in [0, 0.05) is 31.7 Å². The molecule has 132 valence electrons. The molecule has 0 bridgehead atoms. The Hall–Kier alpha value is -2.24. The zero-order chi connectivity index (χ0) is 17.4. The van der Waals surface area contributed by atoms with Gasteiger partial charge in [-0.15, -0.1) is 0 Å². The number of ether oxygens (including phenoxy) is 2. The van der Waals surface area contributed by atoms with Crippen LogP contribution in [0.1, 0.15) is 37.0 Å². The number of amides is 2. The highest BCUT2D eigenvalue weighted by atomic mass is 16.6. The van der Waals surface area contributed by atoms with Crippen LogP contribution in [0.3, 0.4) is 0 Å². The summed E-state index contributed by atoms with van der Waals surface area (Å²) in [6.07, 6.45) is 1.59. The van der Waals surface area contributed by atoms with Crippen LogP contribution in [-0.2, 0) is 4.74 Å². The molecule has 1 aromatic rings. The summed E-state index contributed by atoms with van der Waals surface area (Å²) < 4.78 is 10.6. The van der Waals surface area contributed by atoms with E-state index in [1.54, 1.807) is 34.1 Å². The highest BCUT2D eigenvalue weighted by Crippen LogP contribution is 2.15. The highest BCUT2D eigenvalue weighted by Gasteiger charge is 2.25. The molecule has 1 aliphatic rings. The maximum absolute atomic E-state index is 12.5. The normalized spacial score (nSPS) is 14.4. The van der Waals surface area contributed by atoms with Gasteiger partial charge < -0.3 is 19.3 Å². The van der Waals surface area contributed by atoms with Crippen LogP contribution < -0.4 is 4.74 Å². The molecule has 0 N–H and O–H groups in total. The fraction of sp³-hybridized carbons (Fsp3) is 0.556. The minimum absolute atomic E-state index is 0.0166. The van der Waals surface area contributed by atoms with E-state index in [1.807, 2.05) is 6.92 Å². The van der Waals surface area contributed by atoms with Crippen LogP contribution >= 0.6 is 0 Å². The van der Waals surface area contributed by atoms with Gasteiger partial charge in [-0.1, -0.05) is 13.3 Å². The monoisotopic (exact) mass is 334 g/mol. The average molecular weight is 334 g/mol. The molecular weight excluding hydrogens is 308 g/mol. The average Bonchev–Trinajstić information content (AvgIpc) is 2.62. The summed E-state index contributed by atoms with van der Waals surface area (Å²) in [4.78, 5) is 27.8. The molecule has 0 aromatic heterocycles. The van der Waals surface area contributed by atoms with Crippen molar-refractivity contribution in [1.29, 1.82) is 0 Å². The van der Waals surface area contributed by atoms with E-state index in [9.17, 15) is 9.59 Å². The van der Waals surface area contributed by atoms with Gasteiger partial charge >= 0.3 is 6.09 Å². The molecule has 1 saturated heterocycles. The van der Waals surface area contributed by atoms with Crippen molar-refractivity contribution in [3.63, 3.8) is 0 Å². The Kier molecular flexibility index (Phi) is 6.90. The minimum atomic E-state index is -0.281. The summed E-state index contributed by atoms with van der Waals surface area (Å²) >= 11 is 0. The Morgan fingerprint density at radius 1 is 1.00 bits per heavy atom. The zero-order valence-corrected chi connectivity index (χ0v) is 14.5. The van der Waals surface area contributed by atoms with Crippen LogP contribution in [0.5, 0.6) is 5.75 Å². The number of hydrogen-bond donors (Lipinski definition) is 0. The summed E-state index contributed by atoms with van der Waals surface area (Å²) in [5.41, 5.74) is 0.637. The Labute approximate surface area is 143 Å². The molecule has 1 fully saturated rings. The second-order valence-corrected chi connectivity index (χ2v) is 5.70. The van der Waals surface area contributed by atoms with Crippen molar-refractivity contribution in [2.45, 2.75) is 26.7 Å². The maximum atomic E-state index is 12.5. The first-order valence-corrected chi connectivity index (χ1v) is 8.59. The second kappa shape index (κ2) is 9.15. The molecule has 0 radical (unpaired) electrons. The van der Waals surface area contributed by atoms with Crippen molar-refractivity contribution in [3.05, 3.63) is 29.8 Å². The molecule has 6 heteroatoms. The fourth-order valence-electron chi connectivity index (χ4n) is 2.53. The predicted octanol–water partition coefficient (Wildman–Crippen LogP) is 2.78. The van der Waals surface area contributed by atoms with Crippen molar-refractivity contribution in [3.8, 4) is 5.75 Å². The summed E-state index contributed by atoms with van der Waals surface area (Å²) in [6.45, 7) is 7.10. The number of carbonyl (C=O) groups is 2. The lowest BCUT2D eigenvalue weighted by Gasteiger charge is -2.34. The molecule has 2 amide bonds. The maximum Gasteiger partial charge on any atom is 0.409 e. The van der Waals surface area contributed by atoms with Gasteiger partial charge in [-0.3, -0.25) is 4.79 Å². The SMILES string of the molecule is CCCCOC(=O)N1CCN(C(=O)c2ccc(OCC)cc2)CC1. The number of unbranched alkanes of at least 4 members (excludes halogenated alkanes) is 1. The third kappa shape index (κ3) is 4.88. The van der Waals surface area contributed by atoms with E-state index in [1.165, 1.54) is 0 Å². The van der Waals surface area contributed by atoms with Crippen LogP contribution in [0.4, 0.5) is 4.79 Å². The number of rotatable bonds is 6. The van der Waals surface area contributed by atoms with Gasteiger partial charge in [0.2, 0.25) is 0 Å². The molecule has 2 rings (SSSR count). The quantitative estimate of drug-likeness (QED) is 0.751. The van der Waals surface area contributed by atoms with E-state index in [2.05, 4.69) is 6.92 Å². The van der Waals surface area contributed by atoms with Gasteiger partial charge in [-0.2, -0.15) is 0 Å². The lowest BCUT2D eigenvalue weighted by Crippen LogP contribution is -2.50. The first-order chi connectivity index (χ1) is 11.7. The molecule has 1 aromatic carbocycles. The summed E-state index contributed by atoms with van der Waals surface area (Å²) in [6, 6.07) is 7.16. The van der Waals surface area contributed by atoms with Crippen molar-refractivity contribution in [2.75, 3.05) is 39.4 Å². The summed E-state index contributed by atoms with van der Waals surface area (Å²) in [7, 11) is 0. The molecule has 0 atom stereocenters. The van der Waals surface area contributed by atoms with Crippen molar-refractivity contribution in [1.82, 2.24) is 9.80 Å². The smallest absolute Gasteiger partial charge is 0.409 e. The van der Waals surface area contributed by atoms with Crippen molar-refractivity contribution < 1.29 is 19.1 Å². The molecule has 6 nitrogen and oxygen atoms in total. The van der Waals surface area contributed by atoms with Crippen LogP contribution in [0, 0.1) is 0 Å². The zero-order valence-electron chi connectivity index (χ0n) is 14.5. The fourth-order valence-corrected chi connectivity index (χ4v) is 2.53. The van der Waals surface area contributed by atoms with Gasteiger partial charge in [-0.25, -0.2) is 4.79 Å². The van der Waals surface area contributed by atoms with Gasteiger partial charge in [0.1, 0.15) is 5.75 Å². The largest absolute Gasteiger partial charge is 0.494 e. The Morgan fingerprint density at radius 3 is 2.21 bits per heavy atom. The van der Waals surface area contributed by atoms with Crippen LogP contribution in [0.15, 0.2) is 24.3 Å². The van der Waals surface area contributed by atoms with Crippen LogP contribution in [0.2, 0.25) is 0 Å². The van der Waals surface area contributed by atoms with Crippen LogP contribution in [-0.4, -0.2) is 61.2 Å². The number of hydrogen-bond acceptors (Lipinski definition) is 4. The molecule has 0 unspecified atom stereocenters. The summed E-state index contributed by atoms with van der Waals surface area (Å²) in [5.74, 6) is 0.741. The molecule has 0 aliphatic carbocycles. The van der Waals surface area contributed by atoms with Gasteiger partial charge in [0.15, 0.2) is 0 Å². The standard InChI is InChI=1S/C18H26N2O4/c1-3-5-14-24-18(22)20-12-10-19(11-13-20)17(21)15-6-8-16(9-7-15)23-4-2/h6-9H,3-5,10-14H2,1-2H3. The van der Waals surface area contributed by atoms with E-state index in [0.717, 1.165) is 18.6 Å². The minimum Gasteiger partial charge on any atom is -0.494 e. The highest BCUT2D eigenvalue weighted by molar-refractivity contribution is 5.94. The molecule has 1 aliphatic heterocycles. The van der Waals surface area contributed by atoms with E-state index < -0.39 is 0 Å². The number of nitrogens with zero attached hydrogens (tertiary/aromatic N) is 2. The summed E-state index contributed by atoms with van der Waals surface area (Å²) in [5, 5.41) is 0. The molecule has 24 heavy (non-hydrogen) atoms. The number of benzene rings is 1. The Balaban J connectivity index is 1.82. The molecule has 0 saturated carbocycles. The Bertz CT molecular complexity index is 536. The number of carbonyl (C=O) groups excluding carboxylic acids is 2. The number of piperazine rings is 1. The first kappa shape index (κ1) is 18.1. The first-order valence-electron chi connectivity index (χ1n) is 8.59. The van der Waals surface area contributed by atoms with E-state index in [4.69, 9.17) is 9.47 Å². The predicted molar refractivity (Wildman–Crippen MR) is 91.3 cm³/mol. The Morgan fingerprint density at radius 2 is 1.62 bits per heavy atom. The van der Waals surface area contributed by atoms with Crippen molar-refractivity contribution in [2.24, 2.45) is 0 Å². The topological polar surface area (TPSA) is 59.1 Å².